The molecule has 6 nitrogen and oxygen atoms in total. The predicted octanol–water partition coefficient (Wildman–Crippen LogP) is 1.01. The SMILES string of the molecule is CCOc1ccc(S(N)(=O)=O)cc1C(=O)NC1CCC1. The van der Waals surface area contributed by atoms with Gasteiger partial charge < -0.3 is 10.1 Å². The van der Waals surface area contributed by atoms with Gasteiger partial charge in [0, 0.05) is 6.04 Å². The summed E-state index contributed by atoms with van der Waals surface area (Å²) in [7, 11) is -3.85. The minimum Gasteiger partial charge on any atom is -0.493 e. The highest BCUT2D eigenvalue weighted by atomic mass is 32.2. The number of hydrogen-bond donors (Lipinski definition) is 2. The van der Waals surface area contributed by atoms with Crippen LogP contribution in [-0.4, -0.2) is 27.0 Å². The van der Waals surface area contributed by atoms with Crippen molar-refractivity contribution in [2.45, 2.75) is 37.1 Å². The molecule has 1 aliphatic rings. The van der Waals surface area contributed by atoms with E-state index in [1.807, 2.05) is 0 Å². The molecular formula is C13H18N2O4S. The molecule has 0 aromatic heterocycles. The second-order valence-corrected chi connectivity index (χ2v) is 6.30. The molecule has 1 saturated carbocycles. The highest BCUT2D eigenvalue weighted by molar-refractivity contribution is 7.89. The van der Waals surface area contributed by atoms with Crippen molar-refractivity contribution >= 4 is 15.9 Å². The maximum Gasteiger partial charge on any atom is 0.255 e. The number of carbonyl (C=O) groups excluding carboxylic acids is 1. The number of primary sulfonamides is 1. The summed E-state index contributed by atoms with van der Waals surface area (Å²) in [6.07, 6.45) is 3.00. The fraction of sp³-hybridized carbons (Fsp3) is 0.462. The Hall–Kier alpha value is -1.60. The molecule has 0 radical (unpaired) electrons. The quantitative estimate of drug-likeness (QED) is 0.847. The summed E-state index contributed by atoms with van der Waals surface area (Å²) in [5.41, 5.74) is 0.199. The molecule has 1 aromatic rings. The lowest BCUT2D eigenvalue weighted by Gasteiger charge is -2.26. The van der Waals surface area contributed by atoms with Crippen molar-refractivity contribution in [1.82, 2.24) is 5.32 Å². The first kappa shape index (κ1) is 14.8. The molecule has 0 saturated heterocycles. The van der Waals surface area contributed by atoms with E-state index in [0.717, 1.165) is 19.3 Å². The van der Waals surface area contributed by atoms with E-state index in [9.17, 15) is 13.2 Å². The molecule has 0 aliphatic heterocycles. The van der Waals surface area contributed by atoms with Crippen molar-refractivity contribution in [2.75, 3.05) is 6.61 Å². The second-order valence-electron chi connectivity index (χ2n) is 4.74. The Balaban J connectivity index is 2.32. The van der Waals surface area contributed by atoms with E-state index in [1.54, 1.807) is 6.92 Å². The Kier molecular flexibility index (Phi) is 4.29. The number of amides is 1. The van der Waals surface area contributed by atoms with Crippen LogP contribution >= 0.6 is 0 Å². The van der Waals surface area contributed by atoms with Crippen molar-refractivity contribution in [3.8, 4) is 5.75 Å². The second kappa shape index (κ2) is 5.80. The van der Waals surface area contributed by atoms with Gasteiger partial charge in [0.1, 0.15) is 5.75 Å². The molecule has 1 aromatic carbocycles. The number of nitrogens with two attached hydrogens (primary N) is 1. The standard InChI is InChI=1S/C13H18N2O4S/c1-2-19-12-7-6-10(20(14,17)18)8-11(12)13(16)15-9-4-3-5-9/h6-9H,2-5H2,1H3,(H,15,16)(H2,14,17,18). The Morgan fingerprint density at radius 2 is 2.15 bits per heavy atom. The zero-order valence-electron chi connectivity index (χ0n) is 11.3. The first-order chi connectivity index (χ1) is 9.41. The lowest BCUT2D eigenvalue weighted by Crippen LogP contribution is -2.39. The van der Waals surface area contributed by atoms with Crippen molar-refractivity contribution in [1.29, 1.82) is 0 Å². The van der Waals surface area contributed by atoms with Crippen LogP contribution in [0.3, 0.4) is 0 Å². The molecule has 0 spiro atoms. The molecule has 2 rings (SSSR count). The summed E-state index contributed by atoms with van der Waals surface area (Å²) < 4.78 is 28.1. The minimum atomic E-state index is -3.85. The molecule has 0 heterocycles. The van der Waals surface area contributed by atoms with Crippen molar-refractivity contribution < 1.29 is 17.9 Å². The zero-order chi connectivity index (χ0) is 14.8. The normalized spacial score (nSPS) is 15.5. The van der Waals surface area contributed by atoms with Gasteiger partial charge in [-0.25, -0.2) is 13.6 Å². The molecule has 3 N–H and O–H groups in total. The summed E-state index contributed by atoms with van der Waals surface area (Å²) in [5.74, 6) is 0.0281. The molecule has 20 heavy (non-hydrogen) atoms. The van der Waals surface area contributed by atoms with Gasteiger partial charge in [0.05, 0.1) is 17.1 Å². The van der Waals surface area contributed by atoms with Crippen LogP contribution in [0.15, 0.2) is 23.1 Å². The average Bonchev–Trinajstić information content (AvgIpc) is 2.33. The maximum absolute atomic E-state index is 12.2. The largest absolute Gasteiger partial charge is 0.493 e. The van der Waals surface area contributed by atoms with Gasteiger partial charge >= 0.3 is 0 Å². The molecule has 7 heteroatoms. The van der Waals surface area contributed by atoms with Gasteiger partial charge in [-0.2, -0.15) is 0 Å². The van der Waals surface area contributed by atoms with Crippen LogP contribution in [0, 0.1) is 0 Å². The van der Waals surface area contributed by atoms with Gasteiger partial charge in [0.2, 0.25) is 10.0 Å². The summed E-state index contributed by atoms with van der Waals surface area (Å²) in [4.78, 5) is 12.1. The van der Waals surface area contributed by atoms with Crippen molar-refractivity contribution in [3.63, 3.8) is 0 Å². The van der Waals surface area contributed by atoms with Crippen LogP contribution in [0.1, 0.15) is 36.5 Å². The van der Waals surface area contributed by atoms with Crippen LogP contribution in [0.25, 0.3) is 0 Å². The molecule has 1 amide bonds. The highest BCUT2D eigenvalue weighted by Crippen LogP contribution is 2.24. The number of nitrogens with one attached hydrogen (secondary N) is 1. The first-order valence-electron chi connectivity index (χ1n) is 6.52. The molecule has 1 aliphatic carbocycles. The van der Waals surface area contributed by atoms with Gasteiger partial charge in [-0.3, -0.25) is 4.79 Å². The summed E-state index contributed by atoms with van der Waals surface area (Å²) >= 11 is 0. The number of hydrogen-bond acceptors (Lipinski definition) is 4. The molecule has 0 bridgehead atoms. The zero-order valence-corrected chi connectivity index (χ0v) is 12.1. The van der Waals surface area contributed by atoms with E-state index >= 15 is 0 Å². The fourth-order valence-electron chi connectivity index (χ4n) is 1.96. The predicted molar refractivity (Wildman–Crippen MR) is 74.1 cm³/mol. The van der Waals surface area contributed by atoms with Gasteiger partial charge in [-0.15, -0.1) is 0 Å². The van der Waals surface area contributed by atoms with E-state index < -0.39 is 10.0 Å². The number of carbonyl (C=O) groups is 1. The number of ether oxygens (including phenoxy) is 1. The summed E-state index contributed by atoms with van der Waals surface area (Å²) in [5, 5.41) is 7.94. The van der Waals surface area contributed by atoms with Crippen LogP contribution in [0.4, 0.5) is 0 Å². The molecule has 0 atom stereocenters. The summed E-state index contributed by atoms with van der Waals surface area (Å²) in [6.45, 7) is 2.18. The van der Waals surface area contributed by atoms with Crippen LogP contribution in [0.5, 0.6) is 5.75 Å². The topological polar surface area (TPSA) is 98.5 Å². The van der Waals surface area contributed by atoms with Crippen LogP contribution in [0.2, 0.25) is 0 Å². The van der Waals surface area contributed by atoms with E-state index in [4.69, 9.17) is 9.88 Å². The van der Waals surface area contributed by atoms with E-state index in [0.29, 0.717) is 12.4 Å². The third-order valence-electron chi connectivity index (χ3n) is 3.26. The lowest BCUT2D eigenvalue weighted by atomic mass is 9.93. The van der Waals surface area contributed by atoms with E-state index in [1.165, 1.54) is 18.2 Å². The van der Waals surface area contributed by atoms with E-state index in [-0.39, 0.29) is 22.4 Å². The number of benzene rings is 1. The first-order valence-corrected chi connectivity index (χ1v) is 8.07. The Morgan fingerprint density at radius 1 is 1.45 bits per heavy atom. The van der Waals surface area contributed by atoms with Crippen LogP contribution < -0.4 is 15.2 Å². The Bertz CT molecular complexity index is 609. The van der Waals surface area contributed by atoms with Crippen LogP contribution in [-0.2, 0) is 10.0 Å². The monoisotopic (exact) mass is 298 g/mol. The number of sulfonamides is 1. The minimum absolute atomic E-state index is 0.0975. The average molecular weight is 298 g/mol. The molecule has 0 unspecified atom stereocenters. The Morgan fingerprint density at radius 3 is 2.65 bits per heavy atom. The number of rotatable bonds is 5. The van der Waals surface area contributed by atoms with E-state index in [2.05, 4.69) is 5.32 Å². The smallest absolute Gasteiger partial charge is 0.255 e. The third kappa shape index (κ3) is 3.29. The summed E-state index contributed by atoms with van der Waals surface area (Å²) in [6, 6.07) is 4.21. The molecule has 110 valence electrons. The molecular weight excluding hydrogens is 280 g/mol. The fourth-order valence-corrected chi connectivity index (χ4v) is 2.50. The molecule has 1 fully saturated rings. The Labute approximate surface area is 118 Å². The van der Waals surface area contributed by atoms with Crippen molar-refractivity contribution in [2.24, 2.45) is 5.14 Å². The van der Waals surface area contributed by atoms with Gasteiger partial charge in [0.25, 0.3) is 5.91 Å². The van der Waals surface area contributed by atoms with Gasteiger partial charge in [-0.05, 0) is 44.4 Å². The third-order valence-corrected chi connectivity index (χ3v) is 4.18. The van der Waals surface area contributed by atoms with Crippen molar-refractivity contribution in [3.05, 3.63) is 23.8 Å². The van der Waals surface area contributed by atoms with Gasteiger partial charge in [0.15, 0.2) is 0 Å². The lowest BCUT2D eigenvalue weighted by molar-refractivity contribution is 0.0913. The van der Waals surface area contributed by atoms with Gasteiger partial charge in [-0.1, -0.05) is 0 Å². The highest BCUT2D eigenvalue weighted by Gasteiger charge is 2.23. The maximum atomic E-state index is 12.2.